The van der Waals surface area contributed by atoms with E-state index in [1.807, 2.05) is 24.3 Å². The molecular weight excluding hydrogens is 210 g/mol. The van der Waals surface area contributed by atoms with Gasteiger partial charge in [-0.25, -0.2) is 0 Å². The highest BCUT2D eigenvalue weighted by atomic mass is 35.5. The molecule has 0 fully saturated rings. The monoisotopic (exact) mass is 227 g/mol. The fourth-order valence-electron chi connectivity index (χ4n) is 1.30. The van der Waals surface area contributed by atoms with E-state index in [1.54, 1.807) is 0 Å². The minimum absolute atomic E-state index is 0.666. The van der Waals surface area contributed by atoms with Crippen LogP contribution in [0.5, 0.6) is 0 Å². The van der Waals surface area contributed by atoms with Gasteiger partial charge in [-0.15, -0.1) is 0 Å². The third-order valence-corrected chi connectivity index (χ3v) is 2.43. The number of hydrogen-bond acceptors (Lipinski definition) is 2. The quantitative estimate of drug-likeness (QED) is 0.727. The molecule has 1 aromatic carbocycles. The number of hydrogen-bond donors (Lipinski definition) is 1. The normalized spacial score (nSPS) is 10.5. The molecule has 0 amide bonds. The summed E-state index contributed by atoms with van der Waals surface area (Å²) in [6.45, 7) is 2.25. The van der Waals surface area contributed by atoms with Crippen LogP contribution in [0.15, 0.2) is 24.3 Å². The molecule has 0 heterocycles. The SMILES string of the molecule is NCCCCCOCc1ccc(Cl)cc1. The van der Waals surface area contributed by atoms with Gasteiger partial charge in [0.1, 0.15) is 0 Å². The van der Waals surface area contributed by atoms with Gasteiger partial charge in [0, 0.05) is 11.6 Å². The molecule has 3 heteroatoms. The summed E-state index contributed by atoms with van der Waals surface area (Å²) in [6, 6.07) is 7.74. The predicted octanol–water partition coefficient (Wildman–Crippen LogP) is 2.99. The van der Waals surface area contributed by atoms with Crippen molar-refractivity contribution in [1.82, 2.24) is 0 Å². The van der Waals surface area contributed by atoms with E-state index in [1.165, 1.54) is 5.56 Å². The third-order valence-electron chi connectivity index (χ3n) is 2.17. The van der Waals surface area contributed by atoms with E-state index in [0.717, 1.165) is 37.4 Å². The first-order valence-electron chi connectivity index (χ1n) is 5.35. The topological polar surface area (TPSA) is 35.2 Å². The van der Waals surface area contributed by atoms with Crippen molar-refractivity contribution in [3.63, 3.8) is 0 Å². The van der Waals surface area contributed by atoms with Crippen LogP contribution >= 0.6 is 11.6 Å². The first-order chi connectivity index (χ1) is 7.33. The van der Waals surface area contributed by atoms with Crippen LogP contribution in [-0.4, -0.2) is 13.2 Å². The highest BCUT2D eigenvalue weighted by Crippen LogP contribution is 2.10. The predicted molar refractivity (Wildman–Crippen MR) is 64.0 cm³/mol. The molecule has 2 nitrogen and oxygen atoms in total. The van der Waals surface area contributed by atoms with E-state index >= 15 is 0 Å². The second-order valence-corrected chi connectivity index (χ2v) is 3.96. The van der Waals surface area contributed by atoms with Crippen LogP contribution < -0.4 is 5.73 Å². The van der Waals surface area contributed by atoms with Crippen LogP contribution in [0, 0.1) is 0 Å². The van der Waals surface area contributed by atoms with Crippen molar-refractivity contribution >= 4 is 11.6 Å². The van der Waals surface area contributed by atoms with Gasteiger partial charge in [-0.1, -0.05) is 23.7 Å². The Labute approximate surface area is 96.4 Å². The molecule has 0 aliphatic heterocycles. The first kappa shape index (κ1) is 12.5. The molecule has 0 bridgehead atoms. The molecule has 0 aromatic heterocycles. The summed E-state index contributed by atoms with van der Waals surface area (Å²) in [4.78, 5) is 0. The van der Waals surface area contributed by atoms with E-state index in [0.29, 0.717) is 6.61 Å². The largest absolute Gasteiger partial charge is 0.377 e. The smallest absolute Gasteiger partial charge is 0.0716 e. The number of benzene rings is 1. The fraction of sp³-hybridized carbons (Fsp3) is 0.500. The number of halogens is 1. The van der Waals surface area contributed by atoms with Crippen molar-refractivity contribution in [1.29, 1.82) is 0 Å². The Bertz CT molecular complexity index is 261. The molecule has 1 aromatic rings. The maximum atomic E-state index is 5.78. The maximum absolute atomic E-state index is 5.78. The van der Waals surface area contributed by atoms with Gasteiger partial charge in [0.25, 0.3) is 0 Å². The fourth-order valence-corrected chi connectivity index (χ4v) is 1.42. The highest BCUT2D eigenvalue weighted by Gasteiger charge is 1.93. The molecule has 0 radical (unpaired) electrons. The summed E-state index contributed by atoms with van der Waals surface area (Å²) in [5.74, 6) is 0. The summed E-state index contributed by atoms with van der Waals surface area (Å²) in [7, 11) is 0. The zero-order chi connectivity index (χ0) is 10.9. The van der Waals surface area contributed by atoms with E-state index in [2.05, 4.69) is 0 Å². The highest BCUT2D eigenvalue weighted by molar-refractivity contribution is 6.30. The van der Waals surface area contributed by atoms with Crippen LogP contribution in [0.2, 0.25) is 5.02 Å². The van der Waals surface area contributed by atoms with Crippen LogP contribution in [0.1, 0.15) is 24.8 Å². The Morgan fingerprint density at radius 2 is 1.80 bits per heavy atom. The Morgan fingerprint density at radius 1 is 1.07 bits per heavy atom. The number of unbranched alkanes of at least 4 members (excludes halogenated alkanes) is 2. The zero-order valence-corrected chi connectivity index (χ0v) is 9.67. The molecule has 0 spiro atoms. The summed E-state index contributed by atoms with van der Waals surface area (Å²) >= 11 is 5.78. The molecule has 84 valence electrons. The third kappa shape index (κ3) is 5.78. The maximum Gasteiger partial charge on any atom is 0.0716 e. The van der Waals surface area contributed by atoms with Gasteiger partial charge in [-0.3, -0.25) is 0 Å². The van der Waals surface area contributed by atoms with Crippen LogP contribution in [-0.2, 0) is 11.3 Å². The lowest BCUT2D eigenvalue weighted by Crippen LogP contribution is -2.00. The molecule has 0 aliphatic carbocycles. The van der Waals surface area contributed by atoms with Gasteiger partial charge >= 0.3 is 0 Å². The van der Waals surface area contributed by atoms with Crippen molar-refractivity contribution in [2.45, 2.75) is 25.9 Å². The van der Waals surface area contributed by atoms with Crippen molar-refractivity contribution in [3.8, 4) is 0 Å². The van der Waals surface area contributed by atoms with Crippen molar-refractivity contribution in [3.05, 3.63) is 34.9 Å². The van der Waals surface area contributed by atoms with E-state index in [-0.39, 0.29) is 0 Å². The van der Waals surface area contributed by atoms with Crippen molar-refractivity contribution < 1.29 is 4.74 Å². The molecule has 0 saturated heterocycles. The lowest BCUT2D eigenvalue weighted by atomic mass is 10.2. The standard InChI is InChI=1S/C12H18ClNO/c13-12-6-4-11(5-7-12)10-15-9-3-1-2-8-14/h4-7H,1-3,8-10,14H2. The van der Waals surface area contributed by atoms with Gasteiger partial charge in [-0.2, -0.15) is 0 Å². The van der Waals surface area contributed by atoms with Crippen LogP contribution in [0.3, 0.4) is 0 Å². The first-order valence-corrected chi connectivity index (χ1v) is 5.73. The van der Waals surface area contributed by atoms with E-state index in [4.69, 9.17) is 22.1 Å². The molecule has 15 heavy (non-hydrogen) atoms. The summed E-state index contributed by atoms with van der Waals surface area (Å²) in [5, 5.41) is 0.765. The van der Waals surface area contributed by atoms with E-state index < -0.39 is 0 Å². The lowest BCUT2D eigenvalue weighted by molar-refractivity contribution is 0.117. The number of nitrogens with two attached hydrogens (primary N) is 1. The van der Waals surface area contributed by atoms with Gasteiger partial charge in [0.05, 0.1) is 6.61 Å². The summed E-state index contributed by atoms with van der Waals surface area (Å²) < 4.78 is 5.52. The van der Waals surface area contributed by atoms with Crippen molar-refractivity contribution in [2.24, 2.45) is 5.73 Å². The van der Waals surface area contributed by atoms with Gasteiger partial charge in [0.15, 0.2) is 0 Å². The van der Waals surface area contributed by atoms with Gasteiger partial charge in [0.2, 0.25) is 0 Å². The van der Waals surface area contributed by atoms with E-state index in [9.17, 15) is 0 Å². The lowest BCUT2D eigenvalue weighted by Gasteiger charge is -2.04. The number of ether oxygens (including phenoxy) is 1. The average molecular weight is 228 g/mol. The molecule has 0 atom stereocenters. The zero-order valence-electron chi connectivity index (χ0n) is 8.92. The van der Waals surface area contributed by atoms with Crippen LogP contribution in [0.25, 0.3) is 0 Å². The molecule has 0 unspecified atom stereocenters. The van der Waals surface area contributed by atoms with Gasteiger partial charge < -0.3 is 10.5 Å². The molecule has 1 rings (SSSR count). The second kappa shape index (κ2) is 7.69. The van der Waals surface area contributed by atoms with Crippen LogP contribution in [0.4, 0.5) is 0 Å². The molecular formula is C12H18ClNO. The molecule has 2 N–H and O–H groups in total. The Balaban J connectivity index is 2.07. The molecule has 0 saturated carbocycles. The Hall–Kier alpha value is -0.570. The Morgan fingerprint density at radius 3 is 2.47 bits per heavy atom. The summed E-state index contributed by atoms with van der Waals surface area (Å²) in [5.41, 5.74) is 6.56. The Kier molecular flexibility index (Phi) is 6.41. The number of rotatable bonds is 7. The minimum atomic E-state index is 0.666. The minimum Gasteiger partial charge on any atom is -0.377 e. The van der Waals surface area contributed by atoms with Crippen molar-refractivity contribution in [2.75, 3.05) is 13.2 Å². The molecule has 0 aliphatic rings. The second-order valence-electron chi connectivity index (χ2n) is 3.53. The summed E-state index contributed by atoms with van der Waals surface area (Å²) in [6.07, 6.45) is 3.33. The average Bonchev–Trinajstić information content (AvgIpc) is 2.26. The van der Waals surface area contributed by atoms with Gasteiger partial charge in [-0.05, 0) is 43.5 Å².